The Morgan fingerprint density at radius 1 is 1.33 bits per heavy atom. The Bertz CT molecular complexity index is 399. The third-order valence-corrected chi connectivity index (χ3v) is 6.23. The molecule has 3 nitrogen and oxygen atoms in total. The van der Waals surface area contributed by atoms with E-state index in [2.05, 4.69) is 5.32 Å². The van der Waals surface area contributed by atoms with Crippen molar-refractivity contribution >= 4 is 35.1 Å². The van der Waals surface area contributed by atoms with Crippen LogP contribution in [0.2, 0.25) is 5.02 Å². The molecule has 0 aromatic heterocycles. The van der Waals surface area contributed by atoms with Gasteiger partial charge in [-0.3, -0.25) is 0 Å². The predicted octanol–water partition coefficient (Wildman–Crippen LogP) is 2.66. The predicted molar refractivity (Wildman–Crippen MR) is 93.6 cm³/mol. The number of ether oxygens (including phenoxy) is 1. The van der Waals surface area contributed by atoms with Gasteiger partial charge in [0, 0.05) is 40.6 Å². The Hall–Kier alpha value is 0.0900. The van der Waals surface area contributed by atoms with Crippen molar-refractivity contribution in [2.75, 3.05) is 37.0 Å². The summed E-state index contributed by atoms with van der Waals surface area (Å²) in [7, 11) is 0. The molecule has 0 saturated carbocycles. The van der Waals surface area contributed by atoms with E-state index in [9.17, 15) is 5.11 Å². The van der Waals surface area contributed by atoms with Crippen LogP contribution >= 0.6 is 35.1 Å². The van der Waals surface area contributed by atoms with Gasteiger partial charge in [-0.25, -0.2) is 0 Å². The van der Waals surface area contributed by atoms with Gasteiger partial charge in [0.15, 0.2) is 0 Å². The van der Waals surface area contributed by atoms with Crippen LogP contribution in [0.25, 0.3) is 0 Å². The van der Waals surface area contributed by atoms with Crippen LogP contribution in [0.15, 0.2) is 24.3 Å². The summed E-state index contributed by atoms with van der Waals surface area (Å²) in [5.74, 6) is 3.72. The number of nitrogens with one attached hydrogen (secondary N) is 1. The molecule has 1 aliphatic heterocycles. The molecule has 1 aromatic rings. The molecule has 2 atom stereocenters. The van der Waals surface area contributed by atoms with E-state index in [4.69, 9.17) is 16.3 Å². The monoisotopic (exact) mass is 347 g/mol. The van der Waals surface area contributed by atoms with E-state index in [0.29, 0.717) is 25.0 Å². The molecule has 21 heavy (non-hydrogen) atoms. The summed E-state index contributed by atoms with van der Waals surface area (Å²) in [6, 6.07) is 7.56. The number of hydrogen-bond donors (Lipinski definition) is 2. The topological polar surface area (TPSA) is 41.5 Å². The first kappa shape index (κ1) is 17.4. The minimum absolute atomic E-state index is 0.349. The zero-order valence-corrected chi connectivity index (χ0v) is 14.4. The third kappa shape index (κ3) is 7.26. The van der Waals surface area contributed by atoms with E-state index < -0.39 is 6.10 Å². The van der Waals surface area contributed by atoms with Crippen LogP contribution in [-0.4, -0.2) is 53.4 Å². The summed E-state index contributed by atoms with van der Waals surface area (Å²) < 4.78 is 5.52. The molecule has 118 valence electrons. The van der Waals surface area contributed by atoms with Crippen LogP contribution in [0.4, 0.5) is 0 Å². The molecule has 2 rings (SSSR count). The van der Waals surface area contributed by atoms with Crippen LogP contribution in [0.5, 0.6) is 0 Å². The maximum absolute atomic E-state index is 9.88. The van der Waals surface area contributed by atoms with Crippen LogP contribution in [0.1, 0.15) is 5.56 Å². The summed E-state index contributed by atoms with van der Waals surface area (Å²) >= 11 is 9.87. The highest BCUT2D eigenvalue weighted by molar-refractivity contribution is 8.06. The van der Waals surface area contributed by atoms with Crippen molar-refractivity contribution in [3.8, 4) is 0 Å². The highest BCUT2D eigenvalue weighted by Crippen LogP contribution is 2.23. The molecule has 0 radical (unpaired) electrons. The largest absolute Gasteiger partial charge is 0.389 e. The summed E-state index contributed by atoms with van der Waals surface area (Å²) in [6.45, 7) is 2.40. The van der Waals surface area contributed by atoms with Gasteiger partial charge in [0.25, 0.3) is 0 Å². The molecular weight excluding hydrogens is 326 g/mol. The van der Waals surface area contributed by atoms with Crippen LogP contribution in [0, 0.1) is 0 Å². The van der Waals surface area contributed by atoms with Gasteiger partial charge >= 0.3 is 0 Å². The number of aliphatic hydroxyl groups is 1. The molecule has 1 fully saturated rings. The summed E-state index contributed by atoms with van der Waals surface area (Å²) in [5, 5.41) is 14.6. The van der Waals surface area contributed by atoms with Gasteiger partial charge in [-0.15, -0.1) is 0 Å². The Morgan fingerprint density at radius 2 is 2.14 bits per heavy atom. The molecular formula is C15H22ClNO2S2. The van der Waals surface area contributed by atoms with Gasteiger partial charge in [0.05, 0.1) is 19.3 Å². The minimum atomic E-state index is -0.460. The first-order chi connectivity index (χ1) is 10.2. The van der Waals surface area contributed by atoms with Crippen molar-refractivity contribution in [3.05, 3.63) is 34.9 Å². The van der Waals surface area contributed by atoms with Crippen LogP contribution in [0.3, 0.4) is 0 Å². The van der Waals surface area contributed by atoms with E-state index in [1.165, 1.54) is 17.3 Å². The van der Waals surface area contributed by atoms with Gasteiger partial charge in [-0.05, 0) is 17.7 Å². The van der Waals surface area contributed by atoms with Crippen LogP contribution in [-0.2, 0) is 11.3 Å². The number of thioether (sulfide) groups is 2. The number of benzene rings is 1. The standard InChI is InChI=1S/C15H22ClNO2S2/c16-13-3-1-12(2-4-13)9-19-10-14(18)7-17-8-15-11-20-5-6-21-15/h1-4,14-15,17-18H,5-11H2. The van der Waals surface area contributed by atoms with E-state index >= 15 is 0 Å². The lowest BCUT2D eigenvalue weighted by molar-refractivity contribution is 0.0290. The highest BCUT2D eigenvalue weighted by Gasteiger charge is 2.14. The number of halogens is 1. The lowest BCUT2D eigenvalue weighted by Crippen LogP contribution is -2.36. The number of aliphatic hydroxyl groups excluding tert-OH is 1. The third-order valence-electron chi connectivity index (χ3n) is 3.13. The normalized spacial score (nSPS) is 20.4. The first-order valence-electron chi connectivity index (χ1n) is 7.14. The second-order valence-electron chi connectivity index (χ2n) is 5.02. The fourth-order valence-electron chi connectivity index (χ4n) is 2.02. The average molecular weight is 348 g/mol. The van der Waals surface area contributed by atoms with Gasteiger partial charge in [-0.2, -0.15) is 23.5 Å². The van der Waals surface area contributed by atoms with Gasteiger partial charge in [-0.1, -0.05) is 23.7 Å². The lowest BCUT2D eigenvalue weighted by Gasteiger charge is -2.22. The molecule has 0 aliphatic carbocycles. The summed E-state index contributed by atoms with van der Waals surface area (Å²) in [5.41, 5.74) is 1.06. The Labute approximate surface area is 140 Å². The Balaban J connectivity index is 1.52. The maximum atomic E-state index is 9.88. The van der Waals surface area contributed by atoms with Crippen molar-refractivity contribution < 1.29 is 9.84 Å². The van der Waals surface area contributed by atoms with E-state index in [-0.39, 0.29) is 0 Å². The molecule has 0 amide bonds. The molecule has 0 spiro atoms. The van der Waals surface area contributed by atoms with Crippen molar-refractivity contribution in [1.82, 2.24) is 5.32 Å². The second kappa shape index (κ2) is 9.98. The van der Waals surface area contributed by atoms with Crippen molar-refractivity contribution in [2.24, 2.45) is 0 Å². The SMILES string of the molecule is OC(CNCC1CSCCS1)COCc1ccc(Cl)cc1. The molecule has 1 aliphatic rings. The molecule has 2 unspecified atom stereocenters. The van der Waals surface area contributed by atoms with E-state index in [1.807, 2.05) is 47.8 Å². The fourth-order valence-corrected chi connectivity index (χ4v) is 4.79. The molecule has 1 saturated heterocycles. The summed E-state index contributed by atoms with van der Waals surface area (Å²) in [6.07, 6.45) is -0.460. The van der Waals surface area contributed by atoms with Gasteiger partial charge in [0.2, 0.25) is 0 Å². The van der Waals surface area contributed by atoms with Gasteiger partial charge < -0.3 is 15.2 Å². The van der Waals surface area contributed by atoms with E-state index in [1.54, 1.807) is 0 Å². The Morgan fingerprint density at radius 3 is 2.86 bits per heavy atom. The van der Waals surface area contributed by atoms with Gasteiger partial charge in [0.1, 0.15) is 0 Å². The minimum Gasteiger partial charge on any atom is -0.389 e. The lowest BCUT2D eigenvalue weighted by atomic mass is 10.2. The first-order valence-corrected chi connectivity index (χ1v) is 9.72. The average Bonchev–Trinajstić information content (AvgIpc) is 2.50. The summed E-state index contributed by atoms with van der Waals surface area (Å²) in [4.78, 5) is 0. The fraction of sp³-hybridized carbons (Fsp3) is 0.600. The number of hydrogen-bond acceptors (Lipinski definition) is 5. The molecule has 6 heteroatoms. The molecule has 1 heterocycles. The molecule has 1 aromatic carbocycles. The highest BCUT2D eigenvalue weighted by atomic mass is 35.5. The van der Waals surface area contributed by atoms with Crippen molar-refractivity contribution in [3.63, 3.8) is 0 Å². The van der Waals surface area contributed by atoms with E-state index in [0.717, 1.165) is 17.1 Å². The zero-order chi connectivity index (χ0) is 14.9. The zero-order valence-electron chi connectivity index (χ0n) is 12.0. The smallest absolute Gasteiger partial charge is 0.0897 e. The second-order valence-corrected chi connectivity index (χ2v) is 8.02. The maximum Gasteiger partial charge on any atom is 0.0897 e. The molecule has 2 N–H and O–H groups in total. The molecule has 0 bridgehead atoms. The number of rotatable bonds is 8. The van der Waals surface area contributed by atoms with Crippen molar-refractivity contribution in [2.45, 2.75) is 18.0 Å². The quantitative estimate of drug-likeness (QED) is 0.756. The van der Waals surface area contributed by atoms with Crippen molar-refractivity contribution in [1.29, 1.82) is 0 Å². The Kier molecular flexibility index (Phi) is 8.29. The van der Waals surface area contributed by atoms with Crippen LogP contribution < -0.4 is 5.32 Å².